The number of hydrogen-bond acceptors (Lipinski definition) is 6. The van der Waals surface area contributed by atoms with Crippen LogP contribution in [0, 0.1) is 6.92 Å². The highest BCUT2D eigenvalue weighted by atomic mass is 16.5. The van der Waals surface area contributed by atoms with Gasteiger partial charge in [0, 0.05) is 17.3 Å². The molecule has 7 heteroatoms. The van der Waals surface area contributed by atoms with Crippen molar-refractivity contribution in [3.05, 3.63) is 89.0 Å². The summed E-state index contributed by atoms with van der Waals surface area (Å²) in [6, 6.07) is 18.6. The van der Waals surface area contributed by atoms with Crippen molar-refractivity contribution in [3.8, 4) is 17.2 Å². The van der Waals surface area contributed by atoms with Gasteiger partial charge in [-0.15, -0.1) is 0 Å². The Morgan fingerprint density at radius 1 is 0.917 bits per heavy atom. The minimum absolute atomic E-state index is 0.0453. The summed E-state index contributed by atoms with van der Waals surface area (Å²) >= 11 is 0. The first-order valence-corrected chi connectivity index (χ1v) is 11.8. The largest absolute Gasteiger partial charge is 0.507 e. The van der Waals surface area contributed by atoms with Crippen molar-refractivity contribution in [1.82, 2.24) is 0 Å². The zero-order chi connectivity index (χ0) is 25.8. The van der Waals surface area contributed by atoms with Crippen LogP contribution in [0.5, 0.6) is 17.2 Å². The Balaban J connectivity index is 1.98. The molecule has 1 aliphatic heterocycles. The van der Waals surface area contributed by atoms with Crippen molar-refractivity contribution < 1.29 is 28.9 Å². The molecule has 0 aliphatic carbocycles. The molecule has 0 spiro atoms. The number of rotatable bonds is 8. The number of hydrogen-bond donors (Lipinski definition) is 1. The lowest BCUT2D eigenvalue weighted by Crippen LogP contribution is -2.29. The number of amides is 1. The van der Waals surface area contributed by atoms with Gasteiger partial charge in [0.1, 0.15) is 23.0 Å². The summed E-state index contributed by atoms with van der Waals surface area (Å²) in [5, 5.41) is 11.6. The minimum atomic E-state index is -0.913. The maximum atomic E-state index is 13.5. The van der Waals surface area contributed by atoms with Gasteiger partial charge in [-0.3, -0.25) is 14.5 Å². The van der Waals surface area contributed by atoms with Gasteiger partial charge >= 0.3 is 0 Å². The number of carbonyl (C=O) groups is 2. The summed E-state index contributed by atoms with van der Waals surface area (Å²) in [5.41, 5.74) is 2.30. The molecule has 3 aromatic carbocycles. The predicted octanol–water partition coefficient (Wildman–Crippen LogP) is 5.43. The first-order valence-electron chi connectivity index (χ1n) is 11.8. The standard InChI is InChI=1S/C29H29NO6/c1-5-35-20-14-15-22(24(17-20)36-6-2)27(31)25-26(21-12-7-8-13-23(21)34-4)30(29(33)28(25)32)19-11-9-10-18(3)16-19/h7-17,26,31H,5-6H2,1-4H3/b27-25+. The van der Waals surface area contributed by atoms with Gasteiger partial charge in [-0.25, -0.2) is 0 Å². The second-order valence-corrected chi connectivity index (χ2v) is 8.27. The number of aryl methyl sites for hydroxylation is 1. The van der Waals surface area contributed by atoms with E-state index in [0.717, 1.165) is 5.56 Å². The number of benzene rings is 3. The summed E-state index contributed by atoms with van der Waals surface area (Å²) in [4.78, 5) is 28.3. The van der Waals surface area contributed by atoms with Crippen molar-refractivity contribution in [3.63, 3.8) is 0 Å². The van der Waals surface area contributed by atoms with Crippen molar-refractivity contribution in [2.24, 2.45) is 0 Å². The fourth-order valence-corrected chi connectivity index (χ4v) is 4.44. The Bertz CT molecular complexity index is 1330. The molecule has 7 nitrogen and oxygen atoms in total. The van der Waals surface area contributed by atoms with Gasteiger partial charge in [-0.05, 0) is 56.7 Å². The first-order chi connectivity index (χ1) is 17.4. The fourth-order valence-electron chi connectivity index (χ4n) is 4.44. The molecule has 1 saturated heterocycles. The summed E-state index contributed by atoms with van der Waals surface area (Å²) in [7, 11) is 1.53. The van der Waals surface area contributed by atoms with E-state index < -0.39 is 17.7 Å². The fraction of sp³-hybridized carbons (Fsp3) is 0.241. The highest BCUT2D eigenvalue weighted by Crippen LogP contribution is 2.46. The third-order valence-electron chi connectivity index (χ3n) is 5.98. The second-order valence-electron chi connectivity index (χ2n) is 8.27. The molecule has 1 unspecified atom stereocenters. The molecule has 1 heterocycles. The van der Waals surface area contributed by atoms with Crippen LogP contribution in [0.3, 0.4) is 0 Å². The number of nitrogens with zero attached hydrogens (tertiary/aromatic N) is 1. The molecule has 1 fully saturated rings. The lowest BCUT2D eigenvalue weighted by Gasteiger charge is -2.27. The molecule has 1 amide bonds. The molecule has 1 N–H and O–H groups in total. The van der Waals surface area contributed by atoms with Crippen LogP contribution >= 0.6 is 0 Å². The molecule has 3 aromatic rings. The number of aliphatic hydroxyl groups excluding tert-OH is 1. The van der Waals surface area contributed by atoms with E-state index in [9.17, 15) is 14.7 Å². The number of ketones is 1. The monoisotopic (exact) mass is 487 g/mol. The van der Waals surface area contributed by atoms with Crippen LogP contribution in [0.1, 0.15) is 36.6 Å². The van der Waals surface area contributed by atoms with E-state index in [-0.39, 0.29) is 11.3 Å². The van der Waals surface area contributed by atoms with E-state index in [1.54, 1.807) is 48.5 Å². The molecular weight excluding hydrogens is 458 g/mol. The number of ether oxygens (including phenoxy) is 3. The van der Waals surface area contributed by atoms with Gasteiger partial charge in [-0.1, -0.05) is 30.3 Å². The Hall–Kier alpha value is -4.26. The van der Waals surface area contributed by atoms with Crippen LogP contribution in [0.25, 0.3) is 5.76 Å². The van der Waals surface area contributed by atoms with Crippen LogP contribution < -0.4 is 19.1 Å². The van der Waals surface area contributed by atoms with Crippen LogP contribution in [0.15, 0.2) is 72.3 Å². The van der Waals surface area contributed by atoms with Gasteiger partial charge < -0.3 is 19.3 Å². The minimum Gasteiger partial charge on any atom is -0.507 e. The highest BCUT2D eigenvalue weighted by molar-refractivity contribution is 6.51. The number of aliphatic hydroxyl groups is 1. The first kappa shape index (κ1) is 24.9. The molecule has 0 radical (unpaired) electrons. The van der Waals surface area contributed by atoms with E-state index >= 15 is 0 Å². The zero-order valence-corrected chi connectivity index (χ0v) is 20.8. The van der Waals surface area contributed by atoms with Crippen molar-refractivity contribution >= 4 is 23.1 Å². The molecule has 0 saturated carbocycles. The lowest BCUT2D eigenvalue weighted by atomic mass is 9.94. The van der Waals surface area contributed by atoms with Gasteiger partial charge in [0.2, 0.25) is 0 Å². The van der Waals surface area contributed by atoms with Crippen molar-refractivity contribution in [1.29, 1.82) is 0 Å². The Morgan fingerprint density at radius 3 is 2.36 bits per heavy atom. The lowest BCUT2D eigenvalue weighted by molar-refractivity contribution is -0.132. The molecule has 0 aromatic heterocycles. The van der Waals surface area contributed by atoms with Crippen LogP contribution in [-0.2, 0) is 9.59 Å². The molecule has 1 aliphatic rings. The summed E-state index contributed by atoms with van der Waals surface area (Å²) in [6.07, 6.45) is 0. The number of methoxy groups -OCH3 is 1. The third-order valence-corrected chi connectivity index (χ3v) is 5.98. The summed E-state index contributed by atoms with van der Waals surface area (Å²) < 4.78 is 16.9. The quantitative estimate of drug-likeness (QED) is 0.259. The molecule has 36 heavy (non-hydrogen) atoms. The second kappa shape index (κ2) is 10.6. The Kier molecular flexibility index (Phi) is 7.29. The summed E-state index contributed by atoms with van der Waals surface area (Å²) in [6.45, 7) is 6.40. The molecule has 1 atom stereocenters. The maximum absolute atomic E-state index is 13.5. The van der Waals surface area contributed by atoms with Gasteiger partial charge in [0.05, 0.1) is 37.5 Å². The normalized spacial score (nSPS) is 16.8. The van der Waals surface area contributed by atoms with Gasteiger partial charge in [0.25, 0.3) is 11.7 Å². The molecule has 0 bridgehead atoms. The average Bonchev–Trinajstić information content (AvgIpc) is 3.14. The van der Waals surface area contributed by atoms with Crippen molar-refractivity contribution in [2.45, 2.75) is 26.8 Å². The van der Waals surface area contributed by atoms with Gasteiger partial charge in [-0.2, -0.15) is 0 Å². The zero-order valence-electron chi connectivity index (χ0n) is 20.8. The van der Waals surface area contributed by atoms with Crippen molar-refractivity contribution in [2.75, 3.05) is 25.2 Å². The van der Waals surface area contributed by atoms with E-state index in [1.807, 2.05) is 39.0 Å². The Morgan fingerprint density at radius 2 is 1.67 bits per heavy atom. The number of anilines is 1. The molecule has 186 valence electrons. The number of para-hydroxylation sites is 1. The summed E-state index contributed by atoms with van der Waals surface area (Å²) in [5.74, 6) is -0.445. The average molecular weight is 488 g/mol. The van der Waals surface area contributed by atoms with E-state index in [1.165, 1.54) is 12.0 Å². The maximum Gasteiger partial charge on any atom is 0.300 e. The highest BCUT2D eigenvalue weighted by Gasteiger charge is 2.48. The topological polar surface area (TPSA) is 85.3 Å². The number of Topliss-reactive ketones (excluding diaryl/α,β-unsaturated/α-hetero) is 1. The molecule has 4 rings (SSSR count). The van der Waals surface area contributed by atoms with Crippen LogP contribution in [0.2, 0.25) is 0 Å². The smallest absolute Gasteiger partial charge is 0.300 e. The SMILES string of the molecule is CCOc1ccc(/C(O)=C2\C(=O)C(=O)N(c3cccc(C)c3)C2c2ccccc2OC)c(OCC)c1. The van der Waals surface area contributed by atoms with Crippen LogP contribution in [0.4, 0.5) is 5.69 Å². The van der Waals surface area contributed by atoms with Crippen LogP contribution in [-0.4, -0.2) is 37.1 Å². The molecular formula is C29H29NO6. The predicted molar refractivity (Wildman–Crippen MR) is 138 cm³/mol. The van der Waals surface area contributed by atoms with Gasteiger partial charge in [0.15, 0.2) is 0 Å². The van der Waals surface area contributed by atoms with E-state index in [4.69, 9.17) is 14.2 Å². The van der Waals surface area contributed by atoms with E-state index in [0.29, 0.717) is 47.3 Å². The Labute approximate surface area is 210 Å². The van der Waals surface area contributed by atoms with E-state index in [2.05, 4.69) is 0 Å². The third kappa shape index (κ3) is 4.52. The number of carbonyl (C=O) groups excluding carboxylic acids is 2.